The zero-order valence-electron chi connectivity index (χ0n) is 7.97. The van der Waals surface area contributed by atoms with E-state index >= 15 is 0 Å². The molecule has 2 N–H and O–H groups in total. The van der Waals surface area contributed by atoms with Crippen molar-refractivity contribution in [3.8, 4) is 5.75 Å². The average Bonchev–Trinajstić information content (AvgIpc) is 2.20. The maximum absolute atomic E-state index is 12.6. The Labute approximate surface area is 87.8 Å². The molecule has 0 amide bonds. The molecule has 0 aromatic heterocycles. The summed E-state index contributed by atoms with van der Waals surface area (Å²) < 4.78 is 17.7. The number of alkyl halides is 1. The van der Waals surface area contributed by atoms with Crippen LogP contribution in [0.3, 0.4) is 0 Å². The molecule has 1 rings (SSSR count). The first kappa shape index (κ1) is 11.3. The molecule has 0 heterocycles. The number of para-hydroxylation sites is 1. The number of methoxy groups -OCH3 is 1. The molecule has 1 atom stereocenters. The van der Waals surface area contributed by atoms with Crippen molar-refractivity contribution in [2.24, 2.45) is 5.73 Å². The maximum Gasteiger partial charge on any atom is 0.141 e. The first-order valence-electron chi connectivity index (χ1n) is 4.33. The number of ether oxygens (including phenoxy) is 1. The second-order valence-electron chi connectivity index (χ2n) is 2.95. The van der Waals surface area contributed by atoms with E-state index in [9.17, 15) is 4.39 Å². The number of halogens is 2. The lowest BCUT2D eigenvalue weighted by Crippen LogP contribution is -2.15. The summed E-state index contributed by atoms with van der Waals surface area (Å²) in [6.45, 7) is -0.263. The van der Waals surface area contributed by atoms with Crippen molar-refractivity contribution in [1.82, 2.24) is 0 Å². The summed E-state index contributed by atoms with van der Waals surface area (Å²) in [5.74, 6) is 0.172. The number of benzene rings is 1. The van der Waals surface area contributed by atoms with E-state index in [2.05, 4.69) is 0 Å². The summed E-state index contributed by atoms with van der Waals surface area (Å²) in [6.07, 6.45) is 0. The van der Waals surface area contributed by atoms with Gasteiger partial charge in [-0.15, -0.1) is 0 Å². The molecule has 1 aromatic carbocycles. The molecular formula is C10H13ClFNO. The molecule has 0 aliphatic heterocycles. The molecule has 14 heavy (non-hydrogen) atoms. The number of hydrogen-bond acceptors (Lipinski definition) is 2. The maximum atomic E-state index is 12.6. The quantitative estimate of drug-likeness (QED) is 0.841. The van der Waals surface area contributed by atoms with Crippen LogP contribution in [0.15, 0.2) is 18.2 Å². The number of nitrogens with two attached hydrogens (primary N) is 1. The molecule has 1 unspecified atom stereocenters. The highest BCUT2D eigenvalue weighted by Crippen LogP contribution is 2.33. The van der Waals surface area contributed by atoms with Crippen molar-refractivity contribution >= 4 is 11.6 Å². The third-order valence-corrected chi connectivity index (χ3v) is 2.41. The minimum atomic E-state index is -0.507. The van der Waals surface area contributed by atoms with Gasteiger partial charge in [-0.05, 0) is 6.07 Å². The third kappa shape index (κ3) is 2.16. The average molecular weight is 218 g/mol. The SMILES string of the molecule is COc1c(Cl)cccc1C(CN)CF. The van der Waals surface area contributed by atoms with Crippen LogP contribution in [0.4, 0.5) is 4.39 Å². The van der Waals surface area contributed by atoms with Gasteiger partial charge in [-0.25, -0.2) is 0 Å². The lowest BCUT2D eigenvalue weighted by molar-refractivity contribution is 0.388. The van der Waals surface area contributed by atoms with Crippen molar-refractivity contribution in [3.05, 3.63) is 28.8 Å². The van der Waals surface area contributed by atoms with Gasteiger partial charge in [-0.2, -0.15) is 0 Å². The predicted octanol–water partition coefficient (Wildman–Crippen LogP) is 2.36. The Morgan fingerprint density at radius 1 is 1.57 bits per heavy atom. The van der Waals surface area contributed by atoms with Gasteiger partial charge in [0.1, 0.15) is 5.75 Å². The second-order valence-corrected chi connectivity index (χ2v) is 3.36. The molecule has 0 radical (unpaired) electrons. The van der Waals surface area contributed by atoms with Crippen LogP contribution in [0.2, 0.25) is 5.02 Å². The fourth-order valence-corrected chi connectivity index (χ4v) is 1.59. The van der Waals surface area contributed by atoms with E-state index in [1.54, 1.807) is 18.2 Å². The van der Waals surface area contributed by atoms with Crippen LogP contribution in [0, 0.1) is 0 Å². The van der Waals surface area contributed by atoms with Crippen molar-refractivity contribution in [1.29, 1.82) is 0 Å². The summed E-state index contributed by atoms with van der Waals surface area (Å²) in [4.78, 5) is 0. The van der Waals surface area contributed by atoms with Crippen LogP contribution >= 0.6 is 11.6 Å². The van der Waals surface area contributed by atoms with Gasteiger partial charge in [0.15, 0.2) is 0 Å². The van der Waals surface area contributed by atoms with E-state index < -0.39 is 6.67 Å². The molecule has 1 aromatic rings. The van der Waals surface area contributed by atoms with Crippen molar-refractivity contribution in [2.75, 3.05) is 20.3 Å². The summed E-state index contributed by atoms with van der Waals surface area (Å²) in [7, 11) is 1.51. The summed E-state index contributed by atoms with van der Waals surface area (Å²) in [6, 6.07) is 5.25. The Kier molecular flexibility index (Phi) is 4.17. The Bertz CT molecular complexity index is 302. The monoisotopic (exact) mass is 217 g/mol. The predicted molar refractivity (Wildman–Crippen MR) is 55.8 cm³/mol. The van der Waals surface area contributed by atoms with Crippen LogP contribution in [0.1, 0.15) is 11.5 Å². The third-order valence-electron chi connectivity index (χ3n) is 2.11. The number of hydrogen-bond donors (Lipinski definition) is 1. The van der Waals surface area contributed by atoms with Gasteiger partial charge >= 0.3 is 0 Å². The molecule has 0 aliphatic rings. The van der Waals surface area contributed by atoms with E-state index in [1.165, 1.54) is 7.11 Å². The Morgan fingerprint density at radius 3 is 2.79 bits per heavy atom. The second kappa shape index (κ2) is 5.17. The molecule has 0 saturated heterocycles. The minimum absolute atomic E-state index is 0.243. The summed E-state index contributed by atoms with van der Waals surface area (Å²) in [5, 5.41) is 0.483. The van der Waals surface area contributed by atoms with Gasteiger partial charge in [-0.1, -0.05) is 23.7 Å². The topological polar surface area (TPSA) is 35.2 Å². The fourth-order valence-electron chi connectivity index (χ4n) is 1.34. The Balaban J connectivity index is 3.11. The summed E-state index contributed by atoms with van der Waals surface area (Å²) in [5.41, 5.74) is 6.18. The molecular weight excluding hydrogens is 205 g/mol. The molecule has 0 saturated carbocycles. The van der Waals surface area contributed by atoms with Crippen LogP contribution in [0.25, 0.3) is 0 Å². The summed E-state index contributed by atoms with van der Waals surface area (Å²) >= 11 is 5.90. The van der Waals surface area contributed by atoms with E-state index in [0.717, 1.165) is 5.56 Å². The lowest BCUT2D eigenvalue weighted by Gasteiger charge is -2.15. The van der Waals surface area contributed by atoms with E-state index in [0.29, 0.717) is 10.8 Å². The molecule has 78 valence electrons. The van der Waals surface area contributed by atoms with Gasteiger partial charge in [0.05, 0.1) is 18.8 Å². The van der Waals surface area contributed by atoms with Crippen molar-refractivity contribution < 1.29 is 9.13 Å². The zero-order chi connectivity index (χ0) is 10.6. The van der Waals surface area contributed by atoms with Crippen LogP contribution in [0.5, 0.6) is 5.75 Å². The Hall–Kier alpha value is -0.800. The largest absolute Gasteiger partial charge is 0.495 e. The van der Waals surface area contributed by atoms with E-state index in [1.807, 2.05) is 0 Å². The first-order chi connectivity index (χ1) is 6.74. The van der Waals surface area contributed by atoms with E-state index in [4.69, 9.17) is 22.1 Å². The fraction of sp³-hybridized carbons (Fsp3) is 0.400. The van der Waals surface area contributed by atoms with Crippen LogP contribution in [-0.4, -0.2) is 20.3 Å². The Morgan fingerprint density at radius 2 is 2.29 bits per heavy atom. The lowest BCUT2D eigenvalue weighted by atomic mass is 10.00. The molecule has 0 spiro atoms. The molecule has 0 aliphatic carbocycles. The standard InChI is InChI=1S/C10H13ClFNO/c1-14-10-8(7(5-12)6-13)3-2-4-9(10)11/h2-4,7H,5-6,13H2,1H3. The highest BCUT2D eigenvalue weighted by molar-refractivity contribution is 6.32. The minimum Gasteiger partial charge on any atom is -0.495 e. The highest BCUT2D eigenvalue weighted by atomic mass is 35.5. The van der Waals surface area contributed by atoms with Crippen molar-refractivity contribution in [3.63, 3.8) is 0 Å². The molecule has 2 nitrogen and oxygen atoms in total. The van der Waals surface area contributed by atoms with Gasteiger partial charge in [0.2, 0.25) is 0 Å². The highest BCUT2D eigenvalue weighted by Gasteiger charge is 2.16. The normalized spacial score (nSPS) is 12.6. The van der Waals surface area contributed by atoms with Gasteiger partial charge < -0.3 is 10.5 Å². The molecule has 0 fully saturated rings. The molecule has 0 bridgehead atoms. The van der Waals surface area contributed by atoms with Crippen LogP contribution in [-0.2, 0) is 0 Å². The van der Waals surface area contributed by atoms with Gasteiger partial charge in [0.25, 0.3) is 0 Å². The van der Waals surface area contributed by atoms with Crippen molar-refractivity contribution in [2.45, 2.75) is 5.92 Å². The van der Waals surface area contributed by atoms with Gasteiger partial charge in [0, 0.05) is 18.0 Å². The van der Waals surface area contributed by atoms with Crippen LogP contribution < -0.4 is 10.5 Å². The zero-order valence-corrected chi connectivity index (χ0v) is 8.72. The smallest absolute Gasteiger partial charge is 0.141 e. The number of rotatable bonds is 4. The van der Waals surface area contributed by atoms with Gasteiger partial charge in [-0.3, -0.25) is 4.39 Å². The van der Waals surface area contributed by atoms with E-state index in [-0.39, 0.29) is 12.5 Å². The first-order valence-corrected chi connectivity index (χ1v) is 4.70. The molecule has 4 heteroatoms.